The van der Waals surface area contributed by atoms with Gasteiger partial charge in [-0.1, -0.05) is 38.3 Å². The first-order chi connectivity index (χ1) is 12.7. The first-order valence-corrected chi connectivity index (χ1v) is 9.88. The molecule has 26 heavy (non-hydrogen) atoms. The highest BCUT2D eigenvalue weighted by molar-refractivity contribution is 5.94. The molecule has 1 aromatic rings. The lowest BCUT2D eigenvalue weighted by Crippen LogP contribution is -2.36. The lowest BCUT2D eigenvalue weighted by atomic mass is 10.1. The molecule has 0 aliphatic heterocycles. The molecule has 0 aliphatic rings. The summed E-state index contributed by atoms with van der Waals surface area (Å²) >= 11 is 0. The Morgan fingerprint density at radius 3 is 2.23 bits per heavy atom. The highest BCUT2D eigenvalue weighted by Gasteiger charge is 2.08. The number of carbonyl (C=O) groups is 2. The second-order valence-electron chi connectivity index (χ2n) is 6.68. The van der Waals surface area contributed by atoms with Crippen molar-refractivity contribution < 1.29 is 14.7 Å². The van der Waals surface area contributed by atoms with Gasteiger partial charge in [-0.3, -0.25) is 9.59 Å². The van der Waals surface area contributed by atoms with Crippen LogP contribution in [0.2, 0.25) is 0 Å². The zero-order valence-corrected chi connectivity index (χ0v) is 16.1. The van der Waals surface area contributed by atoms with Crippen molar-refractivity contribution in [3.8, 4) is 0 Å². The standard InChI is InChI=1S/C21H34N2O3/c1-2-3-4-6-14-23(15-7-5-8-17-24)16-13-22-21(26)20-11-9-19(18-25)10-12-20/h9-12,18,24H,2-8,13-17H2,1H3,(H,22,26). The fourth-order valence-corrected chi connectivity index (χ4v) is 2.86. The van der Waals surface area contributed by atoms with Gasteiger partial charge in [-0.05, 0) is 50.9 Å². The fraction of sp³-hybridized carbons (Fsp3) is 0.619. The van der Waals surface area contributed by atoms with E-state index in [-0.39, 0.29) is 12.5 Å². The molecular formula is C21H34N2O3. The summed E-state index contributed by atoms with van der Waals surface area (Å²) < 4.78 is 0. The minimum atomic E-state index is -0.103. The van der Waals surface area contributed by atoms with Crippen molar-refractivity contribution in [2.45, 2.75) is 51.9 Å². The van der Waals surface area contributed by atoms with E-state index in [0.29, 0.717) is 17.7 Å². The molecule has 0 heterocycles. The summed E-state index contributed by atoms with van der Waals surface area (Å²) in [6.07, 6.45) is 8.69. The summed E-state index contributed by atoms with van der Waals surface area (Å²) in [6, 6.07) is 6.67. The van der Waals surface area contributed by atoms with Crippen molar-refractivity contribution in [1.29, 1.82) is 0 Å². The van der Waals surface area contributed by atoms with Crippen LogP contribution in [0.5, 0.6) is 0 Å². The van der Waals surface area contributed by atoms with Crippen LogP contribution >= 0.6 is 0 Å². The third-order valence-corrected chi connectivity index (χ3v) is 4.48. The summed E-state index contributed by atoms with van der Waals surface area (Å²) in [6.45, 7) is 5.99. The molecule has 0 fully saturated rings. The predicted octanol–water partition coefficient (Wildman–Crippen LogP) is 3.27. The van der Waals surface area contributed by atoms with Crippen LogP contribution in [0.4, 0.5) is 0 Å². The van der Waals surface area contributed by atoms with Gasteiger partial charge in [0.2, 0.25) is 0 Å². The van der Waals surface area contributed by atoms with E-state index in [1.54, 1.807) is 24.3 Å². The van der Waals surface area contributed by atoms with Crippen LogP contribution in [-0.2, 0) is 0 Å². The van der Waals surface area contributed by atoms with Crippen molar-refractivity contribution in [1.82, 2.24) is 10.2 Å². The molecule has 0 saturated heterocycles. The average molecular weight is 363 g/mol. The Morgan fingerprint density at radius 1 is 1.00 bits per heavy atom. The molecule has 0 atom stereocenters. The van der Waals surface area contributed by atoms with E-state index in [1.807, 2.05) is 0 Å². The Balaban J connectivity index is 2.36. The van der Waals surface area contributed by atoms with E-state index in [9.17, 15) is 9.59 Å². The van der Waals surface area contributed by atoms with E-state index in [2.05, 4.69) is 17.1 Å². The van der Waals surface area contributed by atoms with Crippen molar-refractivity contribution in [2.24, 2.45) is 0 Å². The van der Waals surface area contributed by atoms with Crippen LogP contribution in [0.3, 0.4) is 0 Å². The molecule has 5 heteroatoms. The number of hydrogen-bond acceptors (Lipinski definition) is 4. The summed E-state index contributed by atoms with van der Waals surface area (Å²) in [5, 5.41) is 11.9. The third kappa shape index (κ3) is 9.68. The summed E-state index contributed by atoms with van der Waals surface area (Å²) in [5.41, 5.74) is 1.15. The Hall–Kier alpha value is -1.72. The van der Waals surface area contributed by atoms with Gasteiger partial charge in [0.25, 0.3) is 5.91 Å². The number of nitrogens with zero attached hydrogens (tertiary/aromatic N) is 1. The number of aliphatic hydroxyl groups is 1. The monoisotopic (exact) mass is 362 g/mol. The molecule has 1 amide bonds. The van der Waals surface area contributed by atoms with Gasteiger partial charge in [0, 0.05) is 30.8 Å². The Kier molecular flexibility index (Phi) is 12.4. The molecule has 0 bridgehead atoms. The number of benzene rings is 1. The van der Waals surface area contributed by atoms with Gasteiger partial charge in [0.1, 0.15) is 6.29 Å². The van der Waals surface area contributed by atoms with E-state index >= 15 is 0 Å². The SMILES string of the molecule is CCCCCCN(CCCCCO)CCNC(=O)c1ccc(C=O)cc1. The molecule has 0 saturated carbocycles. The topological polar surface area (TPSA) is 69.6 Å². The van der Waals surface area contributed by atoms with E-state index in [0.717, 1.165) is 45.2 Å². The molecule has 1 aromatic carbocycles. The molecule has 0 radical (unpaired) electrons. The molecular weight excluding hydrogens is 328 g/mol. The lowest BCUT2D eigenvalue weighted by molar-refractivity contribution is 0.0947. The minimum Gasteiger partial charge on any atom is -0.396 e. The number of hydrogen-bond donors (Lipinski definition) is 2. The van der Waals surface area contributed by atoms with E-state index < -0.39 is 0 Å². The van der Waals surface area contributed by atoms with Crippen LogP contribution < -0.4 is 5.32 Å². The number of rotatable bonds is 15. The number of unbranched alkanes of at least 4 members (excludes halogenated alkanes) is 5. The zero-order chi connectivity index (χ0) is 19.0. The predicted molar refractivity (Wildman–Crippen MR) is 106 cm³/mol. The number of aldehydes is 1. The average Bonchev–Trinajstić information content (AvgIpc) is 2.67. The Morgan fingerprint density at radius 2 is 1.65 bits per heavy atom. The fourth-order valence-electron chi connectivity index (χ4n) is 2.86. The van der Waals surface area contributed by atoms with E-state index in [1.165, 1.54) is 25.7 Å². The zero-order valence-electron chi connectivity index (χ0n) is 16.1. The normalized spacial score (nSPS) is 10.9. The molecule has 146 valence electrons. The van der Waals surface area contributed by atoms with Gasteiger partial charge < -0.3 is 15.3 Å². The van der Waals surface area contributed by atoms with Crippen molar-refractivity contribution in [3.63, 3.8) is 0 Å². The number of nitrogens with one attached hydrogen (secondary N) is 1. The summed E-state index contributed by atoms with van der Waals surface area (Å²) in [4.78, 5) is 25.3. The molecule has 5 nitrogen and oxygen atoms in total. The molecule has 0 unspecified atom stereocenters. The van der Waals surface area contributed by atoms with Gasteiger partial charge in [0.05, 0.1) is 0 Å². The molecule has 0 aliphatic carbocycles. The maximum atomic E-state index is 12.2. The maximum absolute atomic E-state index is 12.2. The van der Waals surface area contributed by atoms with Gasteiger partial charge >= 0.3 is 0 Å². The second-order valence-corrected chi connectivity index (χ2v) is 6.68. The van der Waals surface area contributed by atoms with Crippen LogP contribution in [0.15, 0.2) is 24.3 Å². The van der Waals surface area contributed by atoms with Gasteiger partial charge in [-0.25, -0.2) is 0 Å². The molecule has 1 rings (SSSR count). The minimum absolute atomic E-state index is 0.103. The smallest absolute Gasteiger partial charge is 0.251 e. The number of amides is 1. The number of carbonyl (C=O) groups excluding carboxylic acids is 2. The highest BCUT2D eigenvalue weighted by Crippen LogP contribution is 2.05. The van der Waals surface area contributed by atoms with Crippen molar-refractivity contribution >= 4 is 12.2 Å². The molecule has 0 aromatic heterocycles. The van der Waals surface area contributed by atoms with Crippen LogP contribution in [0.1, 0.15) is 72.6 Å². The van der Waals surface area contributed by atoms with Gasteiger partial charge in [-0.2, -0.15) is 0 Å². The summed E-state index contributed by atoms with van der Waals surface area (Å²) in [5.74, 6) is -0.103. The Labute approximate surface area is 157 Å². The second kappa shape index (κ2) is 14.4. The van der Waals surface area contributed by atoms with Crippen LogP contribution in [-0.4, -0.2) is 55.0 Å². The largest absolute Gasteiger partial charge is 0.396 e. The van der Waals surface area contributed by atoms with Crippen LogP contribution in [0.25, 0.3) is 0 Å². The highest BCUT2D eigenvalue weighted by atomic mass is 16.2. The van der Waals surface area contributed by atoms with Crippen LogP contribution in [0, 0.1) is 0 Å². The first-order valence-electron chi connectivity index (χ1n) is 9.88. The van der Waals surface area contributed by atoms with Crippen molar-refractivity contribution in [3.05, 3.63) is 35.4 Å². The molecule has 2 N–H and O–H groups in total. The van der Waals surface area contributed by atoms with Gasteiger partial charge in [0.15, 0.2) is 0 Å². The van der Waals surface area contributed by atoms with E-state index in [4.69, 9.17) is 5.11 Å². The Bertz CT molecular complexity index is 490. The van der Waals surface area contributed by atoms with Crippen molar-refractivity contribution in [2.75, 3.05) is 32.8 Å². The molecule has 0 spiro atoms. The quantitative estimate of drug-likeness (QED) is 0.371. The first kappa shape index (κ1) is 22.3. The third-order valence-electron chi connectivity index (χ3n) is 4.48. The maximum Gasteiger partial charge on any atom is 0.251 e. The summed E-state index contributed by atoms with van der Waals surface area (Å²) in [7, 11) is 0. The lowest BCUT2D eigenvalue weighted by Gasteiger charge is -2.22. The number of aliphatic hydroxyl groups excluding tert-OH is 1. The van der Waals surface area contributed by atoms with Gasteiger partial charge in [-0.15, -0.1) is 0 Å².